The van der Waals surface area contributed by atoms with Crippen molar-refractivity contribution in [1.82, 2.24) is 9.62 Å². The highest BCUT2D eigenvalue weighted by Crippen LogP contribution is 2.29. The maximum Gasteiger partial charge on any atom is 0.252 e. The number of hydrogen-bond donors (Lipinski definition) is 2. The van der Waals surface area contributed by atoms with Crippen molar-refractivity contribution in [3.8, 4) is 0 Å². The van der Waals surface area contributed by atoms with Gasteiger partial charge in [0.2, 0.25) is 5.91 Å². The van der Waals surface area contributed by atoms with Crippen molar-refractivity contribution in [3.63, 3.8) is 0 Å². The van der Waals surface area contributed by atoms with Crippen molar-refractivity contribution >= 4 is 27.3 Å². The topological polar surface area (TPSA) is 92.5 Å². The minimum atomic E-state index is -3.48. The van der Waals surface area contributed by atoms with E-state index >= 15 is 0 Å². The molecule has 1 unspecified atom stereocenters. The Kier molecular flexibility index (Phi) is 7.42. The van der Waals surface area contributed by atoms with Crippen LogP contribution < -0.4 is 11.1 Å². The molecule has 0 radical (unpaired) electrons. The molecule has 1 amide bonds. The van der Waals surface area contributed by atoms with Gasteiger partial charge in [0.1, 0.15) is 4.21 Å². The van der Waals surface area contributed by atoms with E-state index < -0.39 is 10.0 Å². The number of sulfonamides is 1. The van der Waals surface area contributed by atoms with E-state index in [2.05, 4.69) is 5.32 Å². The summed E-state index contributed by atoms with van der Waals surface area (Å²) in [5.41, 5.74) is 5.76. The molecule has 1 aromatic rings. The number of nitrogens with two attached hydrogens (primary N) is 1. The van der Waals surface area contributed by atoms with Crippen LogP contribution in [0.5, 0.6) is 0 Å². The number of hydrogen-bond acceptors (Lipinski definition) is 5. The third-order valence-electron chi connectivity index (χ3n) is 4.33. The van der Waals surface area contributed by atoms with E-state index in [0.29, 0.717) is 42.6 Å². The van der Waals surface area contributed by atoms with Crippen LogP contribution in [0.25, 0.3) is 0 Å². The normalized spacial score (nSPS) is 19.3. The van der Waals surface area contributed by atoms with Crippen molar-refractivity contribution < 1.29 is 13.2 Å². The molecular formula is C17H29N3O3S2. The van der Waals surface area contributed by atoms with Crippen LogP contribution in [-0.4, -0.2) is 44.3 Å². The molecular weight excluding hydrogens is 358 g/mol. The molecule has 2 heterocycles. The van der Waals surface area contributed by atoms with Gasteiger partial charge in [-0.3, -0.25) is 4.79 Å². The molecule has 0 saturated carbocycles. The molecule has 1 saturated heterocycles. The van der Waals surface area contributed by atoms with Crippen molar-refractivity contribution in [1.29, 1.82) is 0 Å². The van der Waals surface area contributed by atoms with Crippen molar-refractivity contribution in [3.05, 3.63) is 17.0 Å². The Balaban J connectivity index is 1.96. The minimum absolute atomic E-state index is 0.0403. The standard InChI is InChI=1S/C17H29N3O3S2/c1-13(2)11-16(21)19-9-8-15-6-7-17(24-15)25(22,23)20-10-4-3-5-14(20)12-18/h6-7,13-14H,3-5,8-12,18H2,1-2H3,(H,19,21). The minimum Gasteiger partial charge on any atom is -0.356 e. The summed E-state index contributed by atoms with van der Waals surface area (Å²) < 4.78 is 27.7. The van der Waals surface area contributed by atoms with Crippen LogP contribution in [0.15, 0.2) is 16.3 Å². The van der Waals surface area contributed by atoms with Crippen molar-refractivity contribution in [2.45, 2.75) is 56.2 Å². The zero-order valence-corrected chi connectivity index (χ0v) is 16.7. The SMILES string of the molecule is CC(C)CC(=O)NCCc1ccc(S(=O)(=O)N2CCCCC2CN)s1. The fourth-order valence-electron chi connectivity index (χ4n) is 3.04. The van der Waals surface area contributed by atoms with Crippen LogP contribution in [0.2, 0.25) is 0 Å². The molecule has 0 aromatic carbocycles. The largest absolute Gasteiger partial charge is 0.356 e. The molecule has 0 spiro atoms. The van der Waals surface area contributed by atoms with E-state index in [9.17, 15) is 13.2 Å². The Morgan fingerprint density at radius 2 is 2.16 bits per heavy atom. The summed E-state index contributed by atoms with van der Waals surface area (Å²) >= 11 is 1.29. The predicted molar refractivity (Wildman–Crippen MR) is 101 cm³/mol. The number of nitrogens with zero attached hydrogens (tertiary/aromatic N) is 1. The number of piperidine rings is 1. The second kappa shape index (κ2) is 9.12. The van der Waals surface area contributed by atoms with Crippen LogP contribution in [0.4, 0.5) is 0 Å². The van der Waals surface area contributed by atoms with Gasteiger partial charge in [0.25, 0.3) is 10.0 Å². The van der Waals surface area contributed by atoms with Gasteiger partial charge in [-0.05, 0) is 37.3 Å². The lowest BCUT2D eigenvalue weighted by molar-refractivity contribution is -0.121. The van der Waals surface area contributed by atoms with Crippen molar-refractivity contribution in [2.24, 2.45) is 11.7 Å². The zero-order valence-electron chi connectivity index (χ0n) is 15.0. The molecule has 1 fully saturated rings. The van der Waals surface area contributed by atoms with Crippen molar-refractivity contribution in [2.75, 3.05) is 19.6 Å². The number of nitrogens with one attached hydrogen (secondary N) is 1. The van der Waals surface area contributed by atoms with E-state index in [0.717, 1.165) is 24.1 Å². The summed E-state index contributed by atoms with van der Waals surface area (Å²) in [6.45, 7) is 5.44. The van der Waals surface area contributed by atoms with Crippen LogP contribution in [0, 0.1) is 5.92 Å². The second-order valence-electron chi connectivity index (χ2n) is 6.92. The first-order chi connectivity index (χ1) is 11.8. The van der Waals surface area contributed by atoms with E-state index in [4.69, 9.17) is 5.73 Å². The first-order valence-electron chi connectivity index (χ1n) is 8.92. The number of carbonyl (C=O) groups excluding carboxylic acids is 1. The Morgan fingerprint density at radius 3 is 2.84 bits per heavy atom. The molecule has 2 rings (SSSR count). The summed E-state index contributed by atoms with van der Waals surface area (Å²) in [7, 11) is -3.48. The Hall–Kier alpha value is -0.960. The molecule has 1 atom stereocenters. The molecule has 142 valence electrons. The number of thiophene rings is 1. The molecule has 0 bridgehead atoms. The maximum atomic E-state index is 12.9. The summed E-state index contributed by atoms with van der Waals surface area (Å²) in [4.78, 5) is 12.6. The maximum absolute atomic E-state index is 12.9. The molecule has 6 nitrogen and oxygen atoms in total. The first-order valence-corrected chi connectivity index (χ1v) is 11.2. The molecule has 1 aliphatic rings. The summed E-state index contributed by atoms with van der Waals surface area (Å²) in [6, 6.07) is 3.42. The third kappa shape index (κ3) is 5.51. The van der Waals surface area contributed by atoms with E-state index in [1.807, 2.05) is 19.9 Å². The van der Waals surface area contributed by atoms with Crippen LogP contribution >= 0.6 is 11.3 Å². The molecule has 3 N–H and O–H groups in total. The summed E-state index contributed by atoms with van der Waals surface area (Å²) in [6.07, 6.45) is 3.90. The Labute approximate surface area is 154 Å². The molecule has 0 aliphatic carbocycles. The van der Waals surface area contributed by atoms with Gasteiger partial charge < -0.3 is 11.1 Å². The highest BCUT2D eigenvalue weighted by atomic mass is 32.2. The lowest BCUT2D eigenvalue weighted by Gasteiger charge is -2.33. The number of carbonyl (C=O) groups is 1. The monoisotopic (exact) mass is 387 g/mol. The van der Waals surface area contributed by atoms with Gasteiger partial charge in [-0.15, -0.1) is 11.3 Å². The highest BCUT2D eigenvalue weighted by molar-refractivity contribution is 7.91. The van der Waals surface area contributed by atoms with E-state index in [1.165, 1.54) is 11.3 Å². The molecule has 25 heavy (non-hydrogen) atoms. The average molecular weight is 388 g/mol. The smallest absolute Gasteiger partial charge is 0.252 e. The van der Waals surface area contributed by atoms with Gasteiger partial charge in [-0.1, -0.05) is 20.3 Å². The lowest BCUT2D eigenvalue weighted by Crippen LogP contribution is -2.47. The highest BCUT2D eigenvalue weighted by Gasteiger charge is 2.33. The fourth-order valence-corrected chi connectivity index (χ4v) is 6.23. The summed E-state index contributed by atoms with van der Waals surface area (Å²) in [5.74, 6) is 0.372. The second-order valence-corrected chi connectivity index (χ2v) is 10.2. The van der Waals surface area contributed by atoms with Gasteiger partial charge in [0.15, 0.2) is 0 Å². The van der Waals surface area contributed by atoms with E-state index in [-0.39, 0.29) is 11.9 Å². The van der Waals surface area contributed by atoms with Gasteiger partial charge in [0, 0.05) is 37.0 Å². The van der Waals surface area contributed by atoms with Crippen LogP contribution in [0.1, 0.15) is 44.4 Å². The Morgan fingerprint density at radius 1 is 1.40 bits per heavy atom. The Bertz CT molecular complexity index is 670. The van der Waals surface area contributed by atoms with Gasteiger partial charge in [0.05, 0.1) is 0 Å². The first kappa shape index (κ1) is 20.4. The molecule has 1 aromatic heterocycles. The lowest BCUT2D eigenvalue weighted by atomic mass is 10.1. The zero-order chi connectivity index (χ0) is 18.4. The van der Waals surface area contributed by atoms with Gasteiger partial charge >= 0.3 is 0 Å². The molecule has 8 heteroatoms. The van der Waals surface area contributed by atoms with Gasteiger partial charge in [-0.25, -0.2) is 8.42 Å². The van der Waals surface area contributed by atoms with Crippen LogP contribution in [0.3, 0.4) is 0 Å². The van der Waals surface area contributed by atoms with E-state index in [1.54, 1.807) is 10.4 Å². The number of amides is 1. The van der Waals surface area contributed by atoms with Crippen LogP contribution in [-0.2, 0) is 21.2 Å². The quantitative estimate of drug-likeness (QED) is 0.713. The molecule has 1 aliphatic heterocycles. The third-order valence-corrected chi connectivity index (χ3v) is 7.90. The fraction of sp³-hybridized carbons (Fsp3) is 0.706. The summed E-state index contributed by atoms with van der Waals surface area (Å²) in [5, 5.41) is 2.88. The van der Waals surface area contributed by atoms with Gasteiger partial charge in [-0.2, -0.15) is 4.31 Å². The number of rotatable bonds is 8. The predicted octanol–water partition coefficient (Wildman–Crippen LogP) is 1.95. The average Bonchev–Trinajstić information content (AvgIpc) is 3.03.